The van der Waals surface area contributed by atoms with Crippen LogP contribution in [0.3, 0.4) is 0 Å². The van der Waals surface area contributed by atoms with Crippen molar-refractivity contribution in [2.75, 3.05) is 19.8 Å². The van der Waals surface area contributed by atoms with Crippen LogP contribution in [0.4, 0.5) is 0 Å². The fourth-order valence-corrected chi connectivity index (χ4v) is 2.07. The van der Waals surface area contributed by atoms with Gasteiger partial charge in [0.05, 0.1) is 0 Å². The SMILES string of the molecule is CN(C)C1(CS(=O)[O-])CC1.[Na+]. The third-order valence-corrected chi connectivity index (χ3v) is 2.94. The zero-order valence-electron chi connectivity index (χ0n) is 7.29. The van der Waals surface area contributed by atoms with E-state index in [1.807, 2.05) is 19.0 Å². The molecule has 0 aromatic heterocycles. The molecule has 1 rings (SSSR count). The van der Waals surface area contributed by atoms with Crippen molar-refractivity contribution in [3.8, 4) is 0 Å². The molecule has 1 aliphatic carbocycles. The van der Waals surface area contributed by atoms with E-state index in [0.717, 1.165) is 12.8 Å². The van der Waals surface area contributed by atoms with Gasteiger partial charge in [-0.15, -0.1) is 0 Å². The maximum Gasteiger partial charge on any atom is 1.00 e. The first-order valence-electron chi connectivity index (χ1n) is 3.30. The van der Waals surface area contributed by atoms with Crippen LogP contribution in [0.15, 0.2) is 0 Å². The van der Waals surface area contributed by atoms with E-state index in [2.05, 4.69) is 0 Å². The topological polar surface area (TPSA) is 43.4 Å². The van der Waals surface area contributed by atoms with E-state index < -0.39 is 11.1 Å². The van der Waals surface area contributed by atoms with E-state index in [1.54, 1.807) is 0 Å². The molecule has 0 radical (unpaired) electrons. The van der Waals surface area contributed by atoms with Crippen molar-refractivity contribution in [2.24, 2.45) is 0 Å². The number of hydrogen-bond donors (Lipinski definition) is 0. The number of nitrogens with zero attached hydrogens (tertiary/aromatic N) is 1. The predicted molar refractivity (Wildman–Crippen MR) is 39.4 cm³/mol. The maximum absolute atomic E-state index is 10.3. The van der Waals surface area contributed by atoms with Gasteiger partial charge in [0.15, 0.2) is 0 Å². The normalized spacial score (nSPS) is 22.5. The van der Waals surface area contributed by atoms with Gasteiger partial charge in [-0.3, -0.25) is 4.21 Å². The van der Waals surface area contributed by atoms with Crippen molar-refractivity contribution in [3.05, 3.63) is 0 Å². The summed E-state index contributed by atoms with van der Waals surface area (Å²) in [6, 6.07) is 0. The molecule has 0 N–H and O–H groups in total. The fraction of sp³-hybridized carbons (Fsp3) is 1.00. The van der Waals surface area contributed by atoms with Gasteiger partial charge in [-0.1, -0.05) is 11.1 Å². The molecule has 0 heterocycles. The Morgan fingerprint density at radius 1 is 1.55 bits per heavy atom. The Bertz CT molecular complexity index is 159. The Hall–Kier alpha value is 1.07. The minimum atomic E-state index is -1.88. The number of rotatable bonds is 3. The van der Waals surface area contributed by atoms with Crippen molar-refractivity contribution < 1.29 is 38.3 Å². The Morgan fingerprint density at radius 3 is 2.09 bits per heavy atom. The summed E-state index contributed by atoms with van der Waals surface area (Å²) in [4.78, 5) is 2.00. The molecule has 5 heteroatoms. The molecule has 1 aliphatic rings. The van der Waals surface area contributed by atoms with E-state index in [9.17, 15) is 8.76 Å². The summed E-state index contributed by atoms with van der Waals surface area (Å²) in [6.07, 6.45) is 2.04. The second-order valence-corrected chi connectivity index (χ2v) is 3.96. The van der Waals surface area contributed by atoms with Crippen LogP contribution in [-0.4, -0.2) is 39.0 Å². The Labute approximate surface area is 92.1 Å². The van der Waals surface area contributed by atoms with Crippen LogP contribution >= 0.6 is 0 Å². The smallest absolute Gasteiger partial charge is 0.772 e. The van der Waals surface area contributed by atoms with Gasteiger partial charge in [0.25, 0.3) is 0 Å². The zero-order chi connectivity index (χ0) is 7.78. The van der Waals surface area contributed by atoms with Crippen LogP contribution in [0.1, 0.15) is 12.8 Å². The van der Waals surface area contributed by atoms with E-state index >= 15 is 0 Å². The molecule has 0 amide bonds. The molecule has 60 valence electrons. The van der Waals surface area contributed by atoms with Gasteiger partial charge in [0.1, 0.15) is 0 Å². The monoisotopic (exact) mass is 185 g/mol. The van der Waals surface area contributed by atoms with Crippen molar-refractivity contribution in [2.45, 2.75) is 18.4 Å². The molecule has 0 bridgehead atoms. The molecule has 0 aliphatic heterocycles. The van der Waals surface area contributed by atoms with Gasteiger partial charge in [-0.25, -0.2) is 0 Å². The van der Waals surface area contributed by atoms with Crippen LogP contribution in [0, 0.1) is 0 Å². The molecule has 1 unspecified atom stereocenters. The standard InChI is InChI=1S/C6H13NO2S.Na/c1-7(2)6(3-4-6)5-10(8)9;/h3-5H2,1-2H3,(H,8,9);/q;+1/p-1. The second-order valence-electron chi connectivity index (χ2n) is 3.07. The average molecular weight is 185 g/mol. The second kappa shape index (κ2) is 4.35. The molecular formula is C6H12NNaO2S. The minimum Gasteiger partial charge on any atom is -0.772 e. The average Bonchev–Trinajstić information content (AvgIpc) is 2.46. The molecule has 1 atom stereocenters. The Kier molecular flexibility index (Phi) is 4.77. The quantitative estimate of drug-likeness (QED) is 0.347. The molecule has 3 nitrogen and oxygen atoms in total. The maximum atomic E-state index is 10.3. The van der Waals surface area contributed by atoms with Crippen molar-refractivity contribution in [3.63, 3.8) is 0 Å². The first kappa shape index (κ1) is 12.1. The van der Waals surface area contributed by atoms with Gasteiger partial charge in [0.2, 0.25) is 0 Å². The van der Waals surface area contributed by atoms with Gasteiger partial charge in [0, 0.05) is 11.3 Å². The summed E-state index contributed by atoms with van der Waals surface area (Å²) >= 11 is -1.88. The fourth-order valence-electron chi connectivity index (χ4n) is 1.08. The van der Waals surface area contributed by atoms with Gasteiger partial charge in [-0.2, -0.15) is 0 Å². The third-order valence-electron chi connectivity index (χ3n) is 2.16. The molecule has 0 aromatic rings. The summed E-state index contributed by atoms with van der Waals surface area (Å²) < 4.78 is 20.7. The molecule has 0 aromatic carbocycles. The molecule has 1 saturated carbocycles. The minimum absolute atomic E-state index is 0. The van der Waals surface area contributed by atoms with E-state index in [-0.39, 0.29) is 35.1 Å². The van der Waals surface area contributed by atoms with Crippen LogP contribution in [0.5, 0.6) is 0 Å². The zero-order valence-corrected chi connectivity index (χ0v) is 10.1. The van der Waals surface area contributed by atoms with Crippen molar-refractivity contribution in [1.82, 2.24) is 4.90 Å². The van der Waals surface area contributed by atoms with Gasteiger partial charge in [-0.05, 0) is 26.9 Å². The van der Waals surface area contributed by atoms with Crippen LogP contribution < -0.4 is 29.6 Å². The predicted octanol–water partition coefficient (Wildman–Crippen LogP) is -3.04. The number of hydrogen-bond acceptors (Lipinski definition) is 3. The van der Waals surface area contributed by atoms with Gasteiger partial charge < -0.3 is 9.45 Å². The summed E-state index contributed by atoms with van der Waals surface area (Å²) in [6.45, 7) is 0. The molecule has 0 spiro atoms. The Morgan fingerprint density at radius 2 is 2.00 bits per heavy atom. The van der Waals surface area contributed by atoms with Crippen LogP contribution in [0.2, 0.25) is 0 Å². The Balaban J connectivity index is 0.000001000. The van der Waals surface area contributed by atoms with E-state index in [0.29, 0.717) is 5.75 Å². The van der Waals surface area contributed by atoms with Crippen molar-refractivity contribution in [1.29, 1.82) is 0 Å². The third kappa shape index (κ3) is 3.13. The summed E-state index contributed by atoms with van der Waals surface area (Å²) in [5.74, 6) is 0.292. The molecule has 0 saturated heterocycles. The summed E-state index contributed by atoms with van der Waals surface area (Å²) in [7, 11) is 3.86. The first-order valence-corrected chi connectivity index (χ1v) is 4.54. The molecule has 1 fully saturated rings. The van der Waals surface area contributed by atoms with Gasteiger partial charge >= 0.3 is 29.6 Å². The van der Waals surface area contributed by atoms with E-state index in [4.69, 9.17) is 0 Å². The van der Waals surface area contributed by atoms with Crippen molar-refractivity contribution >= 4 is 11.1 Å². The van der Waals surface area contributed by atoms with E-state index in [1.165, 1.54) is 0 Å². The molecule has 11 heavy (non-hydrogen) atoms. The largest absolute Gasteiger partial charge is 1.00 e. The first-order chi connectivity index (χ1) is 4.57. The molecular weight excluding hydrogens is 173 g/mol. The van der Waals surface area contributed by atoms with Crippen LogP contribution in [0.25, 0.3) is 0 Å². The summed E-state index contributed by atoms with van der Waals surface area (Å²) in [5.41, 5.74) is -0.00733. The van der Waals surface area contributed by atoms with Crippen LogP contribution in [-0.2, 0) is 11.1 Å². The summed E-state index contributed by atoms with van der Waals surface area (Å²) in [5, 5.41) is 0.